The molecule has 102 valence electrons. The molecule has 0 aromatic heterocycles. The summed E-state index contributed by atoms with van der Waals surface area (Å²) in [6.07, 6.45) is 3.42. The van der Waals surface area contributed by atoms with E-state index < -0.39 is 0 Å². The fourth-order valence-corrected chi connectivity index (χ4v) is 3.51. The lowest BCUT2D eigenvalue weighted by atomic mass is 10.2. The second-order valence-electron chi connectivity index (χ2n) is 4.16. The van der Waals surface area contributed by atoms with Gasteiger partial charge in [0.15, 0.2) is 0 Å². The first-order chi connectivity index (χ1) is 9.11. The summed E-state index contributed by atoms with van der Waals surface area (Å²) in [6, 6.07) is 5.02. The second kappa shape index (κ2) is 6.69. The SMILES string of the molecule is CNc1cccc(F)c1CSC1=C(Cl)CCC(Cl)=C1. The van der Waals surface area contributed by atoms with Crippen LogP contribution in [0.15, 0.2) is 39.2 Å². The smallest absolute Gasteiger partial charge is 0.129 e. The van der Waals surface area contributed by atoms with Gasteiger partial charge in [0.1, 0.15) is 5.82 Å². The van der Waals surface area contributed by atoms with Crippen LogP contribution in [0.5, 0.6) is 0 Å². The number of anilines is 1. The molecule has 0 aliphatic heterocycles. The molecule has 0 heterocycles. The predicted octanol–water partition coefficient (Wildman–Crippen LogP) is 5.47. The van der Waals surface area contributed by atoms with Crippen LogP contribution in [-0.4, -0.2) is 7.05 Å². The minimum Gasteiger partial charge on any atom is -0.388 e. The lowest BCUT2D eigenvalue weighted by Crippen LogP contribution is -1.98. The van der Waals surface area contributed by atoms with Gasteiger partial charge in [-0.05, 0) is 31.1 Å². The van der Waals surface area contributed by atoms with Crippen LogP contribution in [0.1, 0.15) is 18.4 Å². The van der Waals surface area contributed by atoms with E-state index in [1.54, 1.807) is 13.1 Å². The molecule has 1 aliphatic rings. The lowest BCUT2D eigenvalue weighted by molar-refractivity contribution is 0.618. The summed E-state index contributed by atoms with van der Waals surface area (Å²) >= 11 is 13.7. The maximum atomic E-state index is 13.8. The van der Waals surface area contributed by atoms with Crippen LogP contribution in [0.25, 0.3) is 0 Å². The van der Waals surface area contributed by atoms with Crippen LogP contribution in [0.2, 0.25) is 0 Å². The Hall–Kier alpha value is -0.640. The zero-order valence-corrected chi connectivity index (χ0v) is 12.8. The molecule has 19 heavy (non-hydrogen) atoms. The van der Waals surface area contributed by atoms with E-state index in [0.29, 0.717) is 11.3 Å². The molecule has 1 aliphatic carbocycles. The Bertz CT molecular complexity index is 540. The number of hydrogen-bond donors (Lipinski definition) is 1. The quantitative estimate of drug-likeness (QED) is 0.790. The number of rotatable bonds is 4. The first-order valence-electron chi connectivity index (χ1n) is 5.94. The van der Waals surface area contributed by atoms with Gasteiger partial charge in [0.05, 0.1) is 0 Å². The lowest BCUT2D eigenvalue weighted by Gasteiger charge is -2.14. The Balaban J connectivity index is 2.15. The van der Waals surface area contributed by atoms with Gasteiger partial charge >= 0.3 is 0 Å². The third-order valence-electron chi connectivity index (χ3n) is 2.90. The third kappa shape index (κ3) is 3.68. The van der Waals surface area contributed by atoms with Gasteiger partial charge in [0, 0.05) is 39.0 Å². The van der Waals surface area contributed by atoms with Crippen LogP contribution in [0, 0.1) is 5.82 Å². The molecule has 0 bridgehead atoms. The standard InChI is InChI=1S/C14H14Cl2FNS/c1-18-13-4-2-3-12(17)10(13)8-19-14-7-9(15)5-6-11(14)16/h2-4,7,18H,5-6,8H2,1H3. The fourth-order valence-electron chi connectivity index (χ4n) is 1.85. The van der Waals surface area contributed by atoms with E-state index in [1.165, 1.54) is 17.8 Å². The van der Waals surface area contributed by atoms with E-state index in [-0.39, 0.29) is 5.82 Å². The molecule has 0 spiro atoms. The highest BCUT2D eigenvalue weighted by atomic mass is 35.5. The number of halogens is 3. The normalized spacial score (nSPS) is 15.5. The molecule has 0 saturated carbocycles. The molecule has 0 amide bonds. The van der Waals surface area contributed by atoms with Crippen LogP contribution in [0.3, 0.4) is 0 Å². The van der Waals surface area contributed by atoms with Gasteiger partial charge in [-0.1, -0.05) is 29.3 Å². The molecular weight excluding hydrogens is 304 g/mol. The van der Waals surface area contributed by atoms with Gasteiger partial charge in [-0.25, -0.2) is 4.39 Å². The monoisotopic (exact) mass is 317 g/mol. The van der Waals surface area contributed by atoms with E-state index in [1.807, 2.05) is 12.1 Å². The molecule has 5 heteroatoms. The number of allylic oxidation sites excluding steroid dienone is 3. The van der Waals surface area contributed by atoms with Gasteiger partial charge in [-0.15, -0.1) is 11.8 Å². The molecular formula is C14H14Cl2FNS. The molecule has 0 radical (unpaired) electrons. The maximum absolute atomic E-state index is 13.8. The van der Waals surface area contributed by atoms with Crippen molar-refractivity contribution in [3.8, 4) is 0 Å². The van der Waals surface area contributed by atoms with Crippen molar-refractivity contribution in [1.29, 1.82) is 0 Å². The summed E-state index contributed by atoms with van der Waals surface area (Å²) in [5, 5.41) is 4.60. The highest BCUT2D eigenvalue weighted by Gasteiger charge is 2.13. The summed E-state index contributed by atoms with van der Waals surface area (Å²) in [5.74, 6) is 0.316. The topological polar surface area (TPSA) is 12.0 Å². The number of hydrogen-bond acceptors (Lipinski definition) is 2. The van der Waals surface area contributed by atoms with Gasteiger partial charge < -0.3 is 5.32 Å². The summed E-state index contributed by atoms with van der Waals surface area (Å²) in [7, 11) is 1.78. The minimum absolute atomic E-state index is 0.207. The molecule has 0 atom stereocenters. The third-order valence-corrected chi connectivity index (χ3v) is 4.81. The minimum atomic E-state index is -0.207. The highest BCUT2D eigenvalue weighted by molar-refractivity contribution is 8.02. The first-order valence-corrected chi connectivity index (χ1v) is 7.68. The van der Waals surface area contributed by atoms with Gasteiger partial charge in [0.25, 0.3) is 0 Å². The fraction of sp³-hybridized carbons (Fsp3) is 0.286. The maximum Gasteiger partial charge on any atom is 0.129 e. The van der Waals surface area contributed by atoms with Crippen molar-refractivity contribution in [2.75, 3.05) is 12.4 Å². The molecule has 1 aromatic rings. The molecule has 1 aromatic carbocycles. The van der Waals surface area contributed by atoms with Crippen LogP contribution >= 0.6 is 35.0 Å². The van der Waals surface area contributed by atoms with Crippen molar-refractivity contribution in [3.05, 3.63) is 50.6 Å². The Morgan fingerprint density at radius 3 is 2.84 bits per heavy atom. The molecule has 0 unspecified atom stereocenters. The van der Waals surface area contributed by atoms with Crippen molar-refractivity contribution in [2.24, 2.45) is 0 Å². The number of nitrogens with one attached hydrogen (secondary N) is 1. The van der Waals surface area contributed by atoms with Crippen molar-refractivity contribution >= 4 is 40.7 Å². The van der Waals surface area contributed by atoms with Crippen LogP contribution < -0.4 is 5.32 Å². The molecule has 1 N–H and O–H groups in total. The van der Waals surface area contributed by atoms with E-state index >= 15 is 0 Å². The summed E-state index contributed by atoms with van der Waals surface area (Å²) in [6.45, 7) is 0. The van der Waals surface area contributed by atoms with Crippen LogP contribution in [-0.2, 0) is 5.75 Å². The molecule has 0 saturated heterocycles. The highest BCUT2D eigenvalue weighted by Crippen LogP contribution is 2.37. The van der Waals surface area contributed by atoms with Crippen molar-refractivity contribution in [1.82, 2.24) is 0 Å². The molecule has 0 fully saturated rings. The van der Waals surface area contributed by atoms with E-state index in [2.05, 4.69) is 5.32 Å². The Labute approximate surface area is 126 Å². The summed E-state index contributed by atoms with van der Waals surface area (Å²) in [4.78, 5) is 0.934. The number of thioether (sulfide) groups is 1. The first kappa shape index (κ1) is 14.8. The average molecular weight is 318 g/mol. The predicted molar refractivity (Wildman–Crippen MR) is 83.3 cm³/mol. The van der Waals surface area contributed by atoms with Gasteiger partial charge in [-0.2, -0.15) is 0 Å². The van der Waals surface area contributed by atoms with E-state index in [0.717, 1.165) is 33.5 Å². The second-order valence-corrected chi connectivity index (χ2v) is 6.12. The van der Waals surface area contributed by atoms with E-state index in [4.69, 9.17) is 23.2 Å². The van der Waals surface area contributed by atoms with Gasteiger partial charge in [-0.3, -0.25) is 0 Å². The summed E-state index contributed by atoms with van der Waals surface area (Å²) < 4.78 is 13.8. The van der Waals surface area contributed by atoms with Crippen molar-refractivity contribution in [2.45, 2.75) is 18.6 Å². The Morgan fingerprint density at radius 2 is 2.11 bits per heavy atom. The molecule has 2 rings (SSSR count). The largest absolute Gasteiger partial charge is 0.388 e. The Morgan fingerprint density at radius 1 is 1.32 bits per heavy atom. The molecule has 1 nitrogen and oxygen atoms in total. The van der Waals surface area contributed by atoms with Gasteiger partial charge in [0.2, 0.25) is 0 Å². The Kier molecular flexibility index (Phi) is 5.20. The van der Waals surface area contributed by atoms with Crippen LogP contribution in [0.4, 0.5) is 10.1 Å². The zero-order valence-electron chi connectivity index (χ0n) is 10.5. The summed E-state index contributed by atoms with van der Waals surface area (Å²) in [5.41, 5.74) is 1.46. The van der Waals surface area contributed by atoms with Crippen molar-refractivity contribution < 1.29 is 4.39 Å². The number of benzene rings is 1. The zero-order chi connectivity index (χ0) is 13.8. The average Bonchev–Trinajstić information content (AvgIpc) is 2.40. The van der Waals surface area contributed by atoms with E-state index in [9.17, 15) is 4.39 Å². The van der Waals surface area contributed by atoms with Crippen molar-refractivity contribution in [3.63, 3.8) is 0 Å².